The first-order valence-corrected chi connectivity index (χ1v) is 9.67. The third-order valence-corrected chi connectivity index (χ3v) is 5.32. The second kappa shape index (κ2) is 7.16. The third-order valence-electron chi connectivity index (χ3n) is 5.32. The van der Waals surface area contributed by atoms with Gasteiger partial charge in [0.25, 0.3) is 0 Å². The molecule has 1 aliphatic rings. The average molecular weight is 418 g/mol. The van der Waals surface area contributed by atoms with Gasteiger partial charge in [-0.15, -0.1) is 0 Å². The van der Waals surface area contributed by atoms with Crippen molar-refractivity contribution in [3.05, 3.63) is 95.8 Å². The predicted octanol–water partition coefficient (Wildman–Crippen LogP) is 6.66. The molecule has 154 valence electrons. The number of nitrogens with one attached hydrogen (secondary N) is 1. The van der Waals surface area contributed by atoms with Crippen LogP contribution in [0.25, 0.3) is 27.2 Å². The Morgan fingerprint density at radius 1 is 0.871 bits per heavy atom. The Bertz CT molecular complexity index is 1340. The first-order valence-electron chi connectivity index (χ1n) is 9.67. The molecule has 0 atom stereocenters. The standard InChI is InChI=1S/C25H17F3N2O/c1-31-19-8-6-15(7-9-19)20-10-11-21(29-20)24(25(26,27)28)23-14-18-12-16-4-2-3-5-17(16)13-22(18)30-23/h2-14,30H,1H3/b24-21+. The Hall–Kier alpha value is -3.80. The minimum Gasteiger partial charge on any atom is -0.497 e. The topological polar surface area (TPSA) is 37.4 Å². The van der Waals surface area contributed by atoms with Crippen LogP contribution in [0.15, 0.2) is 89.6 Å². The molecule has 0 fully saturated rings. The molecule has 0 saturated carbocycles. The van der Waals surface area contributed by atoms with Gasteiger partial charge < -0.3 is 9.72 Å². The second-order valence-electron chi connectivity index (χ2n) is 7.29. The van der Waals surface area contributed by atoms with Crippen molar-refractivity contribution in [1.29, 1.82) is 0 Å². The first kappa shape index (κ1) is 19.2. The van der Waals surface area contributed by atoms with Crippen molar-refractivity contribution in [3.63, 3.8) is 0 Å². The van der Waals surface area contributed by atoms with Gasteiger partial charge in [-0.05, 0) is 65.4 Å². The molecule has 6 heteroatoms. The molecule has 0 amide bonds. The first-order chi connectivity index (χ1) is 14.9. The number of rotatable bonds is 3. The molecule has 1 N–H and O–H groups in total. The number of hydrogen-bond donors (Lipinski definition) is 1. The van der Waals surface area contributed by atoms with Gasteiger partial charge in [-0.1, -0.05) is 24.3 Å². The summed E-state index contributed by atoms with van der Waals surface area (Å²) in [6, 6.07) is 20.0. The number of allylic oxidation sites excluding steroid dienone is 3. The molecule has 5 rings (SSSR count). The second-order valence-corrected chi connectivity index (χ2v) is 7.29. The summed E-state index contributed by atoms with van der Waals surface area (Å²) >= 11 is 0. The van der Waals surface area contributed by atoms with Gasteiger partial charge in [0.1, 0.15) is 11.3 Å². The molecular formula is C25H17F3N2O. The van der Waals surface area contributed by atoms with E-state index in [0.29, 0.717) is 17.0 Å². The lowest BCUT2D eigenvalue weighted by atomic mass is 10.1. The molecule has 3 aromatic carbocycles. The van der Waals surface area contributed by atoms with Crippen LogP contribution in [0.2, 0.25) is 0 Å². The Morgan fingerprint density at radius 2 is 1.58 bits per heavy atom. The molecule has 2 heterocycles. The molecule has 0 bridgehead atoms. The Balaban J connectivity index is 1.63. The molecule has 31 heavy (non-hydrogen) atoms. The van der Waals surface area contributed by atoms with Gasteiger partial charge in [-0.3, -0.25) is 0 Å². The number of halogens is 3. The average Bonchev–Trinajstić information content (AvgIpc) is 3.38. The van der Waals surface area contributed by atoms with Crippen molar-refractivity contribution in [2.24, 2.45) is 4.99 Å². The lowest BCUT2D eigenvalue weighted by Gasteiger charge is -2.11. The lowest BCUT2D eigenvalue weighted by molar-refractivity contribution is -0.0695. The van der Waals surface area contributed by atoms with E-state index in [2.05, 4.69) is 9.98 Å². The molecule has 0 unspecified atom stereocenters. The Labute approximate surface area is 176 Å². The quantitative estimate of drug-likeness (QED) is 0.397. The van der Waals surface area contributed by atoms with E-state index in [0.717, 1.165) is 21.7 Å². The van der Waals surface area contributed by atoms with E-state index in [-0.39, 0.29) is 11.4 Å². The number of alkyl halides is 3. The molecule has 1 aromatic heterocycles. The van der Waals surface area contributed by atoms with E-state index < -0.39 is 11.7 Å². The van der Waals surface area contributed by atoms with Gasteiger partial charge in [-0.2, -0.15) is 13.2 Å². The summed E-state index contributed by atoms with van der Waals surface area (Å²) in [6.07, 6.45) is -1.57. The normalized spacial score (nSPS) is 15.5. The maximum atomic E-state index is 14.1. The van der Waals surface area contributed by atoms with Crippen LogP contribution in [0.4, 0.5) is 13.2 Å². The fourth-order valence-corrected chi connectivity index (χ4v) is 3.82. The van der Waals surface area contributed by atoms with Gasteiger partial charge in [0.15, 0.2) is 0 Å². The highest BCUT2D eigenvalue weighted by molar-refractivity contribution is 6.12. The number of ether oxygens (including phenoxy) is 1. The number of aliphatic imine (C=N–C) groups is 1. The van der Waals surface area contributed by atoms with Crippen molar-refractivity contribution in [3.8, 4) is 5.75 Å². The third kappa shape index (κ3) is 3.50. The highest BCUT2D eigenvalue weighted by Crippen LogP contribution is 2.39. The van der Waals surface area contributed by atoms with Gasteiger partial charge in [0.05, 0.1) is 24.2 Å². The van der Waals surface area contributed by atoms with Crippen LogP contribution in [0.1, 0.15) is 11.3 Å². The van der Waals surface area contributed by atoms with E-state index in [1.807, 2.05) is 36.4 Å². The number of methoxy groups -OCH3 is 1. The summed E-state index contributed by atoms with van der Waals surface area (Å²) in [4.78, 5) is 7.23. The fraction of sp³-hybridized carbons (Fsp3) is 0.0800. The van der Waals surface area contributed by atoms with Crippen LogP contribution in [-0.2, 0) is 0 Å². The zero-order valence-corrected chi connectivity index (χ0v) is 16.5. The van der Waals surface area contributed by atoms with Crippen LogP contribution >= 0.6 is 0 Å². The number of H-pyrrole nitrogens is 1. The van der Waals surface area contributed by atoms with E-state index in [9.17, 15) is 13.2 Å². The lowest BCUT2D eigenvalue weighted by Crippen LogP contribution is -2.12. The largest absolute Gasteiger partial charge is 0.497 e. The summed E-state index contributed by atoms with van der Waals surface area (Å²) in [5.74, 6) is 0.670. The smallest absolute Gasteiger partial charge is 0.420 e. The highest BCUT2D eigenvalue weighted by Gasteiger charge is 2.39. The highest BCUT2D eigenvalue weighted by atomic mass is 19.4. The van der Waals surface area contributed by atoms with E-state index in [4.69, 9.17) is 4.74 Å². The minimum atomic E-state index is -4.57. The van der Waals surface area contributed by atoms with Crippen molar-refractivity contribution in [2.45, 2.75) is 6.18 Å². The SMILES string of the molecule is COc1ccc(C2=N/C(=C(\c3cc4cc5ccccc5cc4[nH]3)C(F)(F)F)C=C2)cc1. The monoisotopic (exact) mass is 418 g/mol. The molecule has 0 saturated heterocycles. The van der Waals surface area contributed by atoms with Gasteiger partial charge in [0.2, 0.25) is 0 Å². The van der Waals surface area contributed by atoms with Crippen LogP contribution in [0.5, 0.6) is 5.75 Å². The van der Waals surface area contributed by atoms with Gasteiger partial charge >= 0.3 is 6.18 Å². The van der Waals surface area contributed by atoms with Crippen molar-refractivity contribution in [2.75, 3.05) is 7.11 Å². The summed E-state index contributed by atoms with van der Waals surface area (Å²) in [5.41, 5.74) is 0.939. The van der Waals surface area contributed by atoms with Crippen molar-refractivity contribution >= 4 is 33.0 Å². The summed E-state index contributed by atoms with van der Waals surface area (Å²) in [5, 5.41) is 2.66. The molecule has 3 nitrogen and oxygen atoms in total. The number of hydrogen-bond acceptors (Lipinski definition) is 2. The van der Waals surface area contributed by atoms with Gasteiger partial charge in [0, 0.05) is 16.5 Å². The molecule has 0 aliphatic carbocycles. The van der Waals surface area contributed by atoms with Crippen molar-refractivity contribution in [1.82, 2.24) is 4.98 Å². The maximum absolute atomic E-state index is 14.1. The van der Waals surface area contributed by atoms with Crippen LogP contribution < -0.4 is 4.74 Å². The number of nitrogens with zero attached hydrogens (tertiary/aromatic N) is 1. The molecular weight excluding hydrogens is 401 g/mol. The van der Waals surface area contributed by atoms with Crippen LogP contribution in [0, 0.1) is 0 Å². The summed E-state index contributed by atoms with van der Waals surface area (Å²) in [6.45, 7) is 0. The Morgan fingerprint density at radius 3 is 2.26 bits per heavy atom. The zero-order chi connectivity index (χ0) is 21.6. The summed E-state index contributed by atoms with van der Waals surface area (Å²) < 4.78 is 47.4. The van der Waals surface area contributed by atoms with Crippen LogP contribution in [0.3, 0.4) is 0 Å². The van der Waals surface area contributed by atoms with E-state index in [1.165, 1.54) is 12.1 Å². The van der Waals surface area contributed by atoms with E-state index >= 15 is 0 Å². The fourth-order valence-electron chi connectivity index (χ4n) is 3.82. The number of benzene rings is 3. The van der Waals surface area contributed by atoms with Crippen LogP contribution in [-0.4, -0.2) is 24.0 Å². The minimum absolute atomic E-state index is 0.00260. The number of fused-ring (bicyclic) bond motifs is 2. The molecule has 4 aromatic rings. The Kier molecular flexibility index (Phi) is 4.43. The van der Waals surface area contributed by atoms with E-state index in [1.54, 1.807) is 37.5 Å². The number of aromatic nitrogens is 1. The molecule has 1 aliphatic heterocycles. The number of aromatic amines is 1. The van der Waals surface area contributed by atoms with Crippen molar-refractivity contribution < 1.29 is 17.9 Å². The maximum Gasteiger partial charge on any atom is 0.420 e. The zero-order valence-electron chi connectivity index (χ0n) is 16.5. The predicted molar refractivity (Wildman–Crippen MR) is 117 cm³/mol. The molecule has 0 spiro atoms. The summed E-state index contributed by atoms with van der Waals surface area (Å²) in [7, 11) is 1.56. The van der Waals surface area contributed by atoms with Gasteiger partial charge in [-0.25, -0.2) is 4.99 Å². The molecule has 0 radical (unpaired) electrons.